The lowest BCUT2D eigenvalue weighted by atomic mass is 9.65. The summed E-state index contributed by atoms with van der Waals surface area (Å²) in [5.74, 6) is 0.427. The van der Waals surface area contributed by atoms with Crippen LogP contribution in [0.3, 0.4) is 0 Å². The molecule has 21 heavy (non-hydrogen) atoms. The minimum absolute atomic E-state index is 0.253. The molecule has 0 unspecified atom stereocenters. The Hall–Kier alpha value is -0.410. The van der Waals surface area contributed by atoms with Gasteiger partial charge < -0.3 is 5.11 Å². The third kappa shape index (κ3) is 3.87. The number of rotatable bonds is 4. The van der Waals surface area contributed by atoms with Crippen LogP contribution >= 0.6 is 15.9 Å². The van der Waals surface area contributed by atoms with Crippen LogP contribution in [-0.2, 0) is 6.42 Å². The van der Waals surface area contributed by atoms with E-state index in [2.05, 4.69) is 36.7 Å². The van der Waals surface area contributed by atoms with E-state index >= 15 is 0 Å². The van der Waals surface area contributed by atoms with Crippen molar-refractivity contribution in [3.63, 3.8) is 0 Å². The number of halogens is 2. The normalized spacial score (nSPS) is 26.9. The zero-order valence-electron chi connectivity index (χ0n) is 13.3. The first-order valence-electron chi connectivity index (χ1n) is 7.93. The summed E-state index contributed by atoms with van der Waals surface area (Å²) in [6.07, 6.45) is 5.44. The Balaban J connectivity index is 2.04. The maximum atomic E-state index is 13.6. The summed E-state index contributed by atoms with van der Waals surface area (Å²) in [7, 11) is 0. The van der Waals surface area contributed by atoms with Gasteiger partial charge in [-0.2, -0.15) is 0 Å². The van der Waals surface area contributed by atoms with Crippen LogP contribution in [0.1, 0.15) is 58.4 Å². The molecule has 1 saturated carbocycles. The Labute approximate surface area is 136 Å². The van der Waals surface area contributed by atoms with Gasteiger partial charge in [0, 0.05) is 6.42 Å². The Morgan fingerprint density at radius 2 is 1.95 bits per heavy atom. The van der Waals surface area contributed by atoms with Crippen molar-refractivity contribution in [1.82, 2.24) is 0 Å². The third-order valence-corrected chi connectivity index (χ3v) is 6.37. The Morgan fingerprint density at radius 3 is 2.52 bits per heavy atom. The number of aliphatic hydroxyl groups is 1. The van der Waals surface area contributed by atoms with E-state index in [1.54, 1.807) is 6.07 Å². The highest BCUT2D eigenvalue weighted by molar-refractivity contribution is 9.10. The molecular formula is C18H26BrFO. The number of benzene rings is 1. The van der Waals surface area contributed by atoms with E-state index in [1.165, 1.54) is 12.5 Å². The van der Waals surface area contributed by atoms with E-state index in [4.69, 9.17) is 0 Å². The van der Waals surface area contributed by atoms with Gasteiger partial charge >= 0.3 is 0 Å². The summed E-state index contributed by atoms with van der Waals surface area (Å²) in [6.45, 7) is 6.89. The highest BCUT2D eigenvalue weighted by Gasteiger charge is 2.38. The highest BCUT2D eigenvalue weighted by atomic mass is 79.9. The molecule has 0 saturated heterocycles. The number of hydrogen-bond acceptors (Lipinski definition) is 1. The molecule has 2 rings (SSSR count). The van der Waals surface area contributed by atoms with E-state index < -0.39 is 5.60 Å². The SMILES string of the molecule is CCC(C)(C)C1CCC(O)(Cc2cccc(F)c2Br)CC1. The lowest BCUT2D eigenvalue weighted by Gasteiger charge is -2.42. The molecule has 0 radical (unpaired) electrons. The van der Waals surface area contributed by atoms with Gasteiger partial charge in [-0.1, -0.05) is 39.3 Å². The van der Waals surface area contributed by atoms with Crippen molar-refractivity contribution in [3.05, 3.63) is 34.1 Å². The minimum Gasteiger partial charge on any atom is -0.390 e. The standard InChI is InChI=1S/C18H26BrFO/c1-4-17(2,3)14-8-10-18(21,11-9-14)12-13-6-5-7-15(20)16(13)19/h5-7,14,21H,4,8-12H2,1-3H3. The first-order valence-corrected chi connectivity index (χ1v) is 8.72. The maximum absolute atomic E-state index is 13.6. The molecule has 0 spiro atoms. The molecule has 3 heteroatoms. The molecule has 0 bridgehead atoms. The van der Waals surface area contributed by atoms with Crippen molar-refractivity contribution < 1.29 is 9.50 Å². The summed E-state index contributed by atoms with van der Waals surface area (Å²) < 4.78 is 14.1. The second kappa shape index (κ2) is 6.37. The third-order valence-electron chi connectivity index (χ3n) is 5.48. The molecule has 1 aliphatic carbocycles. The van der Waals surface area contributed by atoms with Crippen molar-refractivity contribution in [2.24, 2.45) is 11.3 Å². The molecule has 0 amide bonds. The van der Waals surface area contributed by atoms with Gasteiger partial charge in [0.2, 0.25) is 0 Å². The van der Waals surface area contributed by atoms with E-state index in [-0.39, 0.29) is 5.82 Å². The van der Waals surface area contributed by atoms with E-state index in [0.29, 0.717) is 22.2 Å². The van der Waals surface area contributed by atoms with Crippen molar-refractivity contribution in [2.45, 2.75) is 64.9 Å². The smallest absolute Gasteiger partial charge is 0.137 e. The lowest BCUT2D eigenvalue weighted by molar-refractivity contribution is -0.0277. The Kier molecular flexibility index (Phi) is 5.15. The molecule has 1 aromatic carbocycles. The molecule has 1 fully saturated rings. The van der Waals surface area contributed by atoms with Crippen LogP contribution in [0.25, 0.3) is 0 Å². The first kappa shape index (κ1) is 17.0. The molecule has 1 aromatic rings. The van der Waals surface area contributed by atoms with Gasteiger partial charge in [0.25, 0.3) is 0 Å². The van der Waals surface area contributed by atoms with Gasteiger partial charge in [-0.05, 0) is 64.6 Å². The molecule has 0 atom stereocenters. The molecule has 1 nitrogen and oxygen atoms in total. The zero-order chi connectivity index (χ0) is 15.7. The van der Waals surface area contributed by atoms with Crippen LogP contribution in [0.15, 0.2) is 22.7 Å². The second-order valence-electron chi connectivity index (χ2n) is 7.23. The largest absolute Gasteiger partial charge is 0.390 e. The first-order chi connectivity index (χ1) is 9.77. The van der Waals surface area contributed by atoms with Gasteiger partial charge in [0.05, 0.1) is 10.1 Å². The predicted molar refractivity (Wildman–Crippen MR) is 88.8 cm³/mol. The molecule has 0 heterocycles. The summed E-state index contributed by atoms with van der Waals surface area (Å²) in [5.41, 5.74) is 0.530. The van der Waals surface area contributed by atoms with E-state index in [1.807, 2.05) is 6.07 Å². The molecule has 1 aliphatic rings. The van der Waals surface area contributed by atoms with Crippen molar-refractivity contribution in [2.75, 3.05) is 0 Å². The summed E-state index contributed by atoms with van der Waals surface area (Å²) in [4.78, 5) is 0. The fourth-order valence-corrected chi connectivity index (χ4v) is 3.85. The van der Waals surface area contributed by atoms with Crippen molar-refractivity contribution in [1.29, 1.82) is 0 Å². The van der Waals surface area contributed by atoms with Crippen LogP contribution < -0.4 is 0 Å². The topological polar surface area (TPSA) is 20.2 Å². The fraction of sp³-hybridized carbons (Fsp3) is 0.667. The van der Waals surface area contributed by atoms with Gasteiger partial charge in [0.15, 0.2) is 0 Å². The molecule has 0 aromatic heterocycles. The average Bonchev–Trinajstić information content (AvgIpc) is 2.44. The second-order valence-corrected chi connectivity index (χ2v) is 8.02. The molecule has 0 aliphatic heterocycles. The lowest BCUT2D eigenvalue weighted by Crippen LogP contribution is -2.39. The molecule has 118 valence electrons. The van der Waals surface area contributed by atoms with Crippen LogP contribution in [-0.4, -0.2) is 10.7 Å². The number of hydrogen-bond donors (Lipinski definition) is 1. The molecule has 1 N–H and O–H groups in total. The maximum Gasteiger partial charge on any atom is 0.137 e. The minimum atomic E-state index is -0.684. The summed E-state index contributed by atoms with van der Waals surface area (Å²) in [5, 5.41) is 10.9. The Bertz CT molecular complexity index is 490. The quantitative estimate of drug-likeness (QED) is 0.756. The van der Waals surface area contributed by atoms with Crippen LogP contribution in [0.2, 0.25) is 0 Å². The predicted octanol–water partition coefficient (Wildman–Crippen LogP) is 5.49. The van der Waals surface area contributed by atoms with Crippen molar-refractivity contribution in [3.8, 4) is 0 Å². The Morgan fingerprint density at radius 1 is 1.33 bits per heavy atom. The van der Waals surface area contributed by atoms with Gasteiger partial charge in [0.1, 0.15) is 5.82 Å². The zero-order valence-corrected chi connectivity index (χ0v) is 14.8. The van der Waals surface area contributed by atoms with Crippen LogP contribution in [0, 0.1) is 17.2 Å². The van der Waals surface area contributed by atoms with E-state index in [9.17, 15) is 9.50 Å². The van der Waals surface area contributed by atoms with Gasteiger partial charge in [-0.25, -0.2) is 4.39 Å². The van der Waals surface area contributed by atoms with Gasteiger partial charge in [-0.15, -0.1) is 0 Å². The van der Waals surface area contributed by atoms with Gasteiger partial charge in [-0.3, -0.25) is 0 Å². The summed E-state index contributed by atoms with van der Waals surface area (Å²) in [6, 6.07) is 5.05. The van der Waals surface area contributed by atoms with E-state index in [0.717, 1.165) is 31.2 Å². The highest BCUT2D eigenvalue weighted by Crippen LogP contribution is 2.44. The summed E-state index contributed by atoms with van der Waals surface area (Å²) >= 11 is 3.30. The van der Waals surface area contributed by atoms with Crippen LogP contribution in [0.5, 0.6) is 0 Å². The van der Waals surface area contributed by atoms with Crippen molar-refractivity contribution >= 4 is 15.9 Å². The fourth-order valence-electron chi connectivity index (χ4n) is 3.44. The monoisotopic (exact) mass is 356 g/mol. The molecular weight excluding hydrogens is 331 g/mol. The van der Waals surface area contributed by atoms with Crippen LogP contribution in [0.4, 0.5) is 4.39 Å². The average molecular weight is 357 g/mol.